The summed E-state index contributed by atoms with van der Waals surface area (Å²) in [7, 11) is 3.04. The van der Waals surface area contributed by atoms with Crippen LogP contribution in [0.2, 0.25) is 0 Å². The van der Waals surface area contributed by atoms with Gasteiger partial charge in [0.1, 0.15) is 11.1 Å². The molecule has 9 heteroatoms. The van der Waals surface area contributed by atoms with Crippen LogP contribution in [0.4, 0.5) is 0 Å². The topological polar surface area (TPSA) is 120 Å². The highest BCUT2D eigenvalue weighted by atomic mass is 16.5. The first-order valence-electron chi connectivity index (χ1n) is 12.7. The number of rotatable bonds is 11. The van der Waals surface area contributed by atoms with Crippen molar-refractivity contribution >= 4 is 28.7 Å². The van der Waals surface area contributed by atoms with Gasteiger partial charge in [0.15, 0.2) is 17.1 Å². The SMILES string of the molecule is COc1ccc(C(=O)NC2(C(=O)NCCCCC(=O)c3nc4ccccc4o3)CCCCC2)cc1OC. The molecule has 1 saturated carbocycles. The molecule has 9 nitrogen and oxygen atoms in total. The molecule has 0 aliphatic heterocycles. The number of hydrogen-bond acceptors (Lipinski definition) is 7. The van der Waals surface area contributed by atoms with Gasteiger partial charge in [0, 0.05) is 18.5 Å². The van der Waals surface area contributed by atoms with E-state index in [1.165, 1.54) is 14.2 Å². The number of aromatic nitrogens is 1. The number of para-hydroxylation sites is 2. The van der Waals surface area contributed by atoms with E-state index in [9.17, 15) is 14.4 Å². The number of ether oxygens (including phenoxy) is 2. The molecule has 0 bridgehead atoms. The molecule has 1 fully saturated rings. The summed E-state index contributed by atoms with van der Waals surface area (Å²) in [5, 5.41) is 5.99. The number of methoxy groups -OCH3 is 2. The van der Waals surface area contributed by atoms with Crippen molar-refractivity contribution in [2.45, 2.75) is 56.9 Å². The number of fused-ring (bicyclic) bond motifs is 1. The molecule has 1 aliphatic carbocycles. The molecule has 2 N–H and O–H groups in total. The Morgan fingerprint density at radius 3 is 2.46 bits per heavy atom. The maximum Gasteiger partial charge on any atom is 0.264 e. The number of unbranched alkanes of at least 4 members (excludes halogenated alkanes) is 1. The molecule has 0 spiro atoms. The van der Waals surface area contributed by atoms with Crippen LogP contribution in [-0.4, -0.2) is 48.9 Å². The fourth-order valence-electron chi connectivity index (χ4n) is 4.71. The van der Waals surface area contributed by atoms with E-state index < -0.39 is 5.54 Å². The predicted molar refractivity (Wildman–Crippen MR) is 138 cm³/mol. The summed E-state index contributed by atoms with van der Waals surface area (Å²) < 4.78 is 16.1. The number of carbonyl (C=O) groups excluding carboxylic acids is 3. The van der Waals surface area contributed by atoms with Crippen LogP contribution in [0.1, 0.15) is 72.4 Å². The normalized spacial score (nSPS) is 14.6. The third-order valence-electron chi connectivity index (χ3n) is 6.79. The molecular weight excluding hydrogens is 474 g/mol. The molecule has 1 aliphatic rings. The largest absolute Gasteiger partial charge is 0.493 e. The second-order valence-corrected chi connectivity index (χ2v) is 9.29. The fraction of sp³-hybridized carbons (Fsp3) is 0.429. The van der Waals surface area contributed by atoms with Crippen LogP contribution in [0.25, 0.3) is 11.1 Å². The fourth-order valence-corrected chi connectivity index (χ4v) is 4.71. The molecule has 196 valence electrons. The second-order valence-electron chi connectivity index (χ2n) is 9.29. The monoisotopic (exact) mass is 507 g/mol. The van der Waals surface area contributed by atoms with Crippen LogP contribution in [0.5, 0.6) is 11.5 Å². The van der Waals surface area contributed by atoms with Gasteiger partial charge in [0.25, 0.3) is 11.8 Å². The molecule has 2 aromatic carbocycles. The highest BCUT2D eigenvalue weighted by molar-refractivity contribution is 5.99. The van der Waals surface area contributed by atoms with Crippen LogP contribution in [-0.2, 0) is 4.79 Å². The third kappa shape index (κ3) is 6.10. The summed E-state index contributed by atoms with van der Waals surface area (Å²) in [5.74, 6) is 0.411. The molecule has 37 heavy (non-hydrogen) atoms. The Hall–Kier alpha value is -3.88. The summed E-state index contributed by atoms with van der Waals surface area (Å²) in [4.78, 5) is 43.1. The predicted octanol–water partition coefficient (Wildman–Crippen LogP) is 4.45. The number of carbonyl (C=O) groups is 3. The van der Waals surface area contributed by atoms with Gasteiger partial charge in [-0.25, -0.2) is 4.98 Å². The first-order valence-corrected chi connectivity index (χ1v) is 12.7. The Labute approximate surface area is 215 Å². The van der Waals surface area contributed by atoms with Crippen LogP contribution in [0, 0.1) is 0 Å². The van der Waals surface area contributed by atoms with E-state index in [1.54, 1.807) is 30.3 Å². The van der Waals surface area contributed by atoms with Crippen molar-refractivity contribution in [3.8, 4) is 11.5 Å². The minimum atomic E-state index is -0.962. The molecular formula is C28H33N3O6. The number of hydrogen-bond donors (Lipinski definition) is 2. The van der Waals surface area contributed by atoms with Crippen molar-refractivity contribution in [3.05, 3.63) is 53.9 Å². The molecule has 0 unspecified atom stereocenters. The average molecular weight is 508 g/mol. The molecule has 0 saturated heterocycles. The maximum absolute atomic E-state index is 13.3. The van der Waals surface area contributed by atoms with Crippen LogP contribution >= 0.6 is 0 Å². The van der Waals surface area contributed by atoms with E-state index in [4.69, 9.17) is 13.9 Å². The van der Waals surface area contributed by atoms with Gasteiger partial charge in [0.2, 0.25) is 11.7 Å². The van der Waals surface area contributed by atoms with Gasteiger partial charge in [-0.2, -0.15) is 0 Å². The lowest BCUT2D eigenvalue weighted by Gasteiger charge is -2.36. The molecule has 0 radical (unpaired) electrons. The third-order valence-corrected chi connectivity index (χ3v) is 6.79. The van der Waals surface area contributed by atoms with E-state index in [-0.39, 0.29) is 29.9 Å². The zero-order valence-electron chi connectivity index (χ0n) is 21.3. The Bertz CT molecular complexity index is 1230. The van der Waals surface area contributed by atoms with E-state index in [1.807, 2.05) is 12.1 Å². The number of amides is 2. The highest BCUT2D eigenvalue weighted by Crippen LogP contribution is 2.31. The van der Waals surface area contributed by atoms with Crippen LogP contribution in [0.3, 0.4) is 0 Å². The zero-order valence-corrected chi connectivity index (χ0v) is 21.3. The number of nitrogens with one attached hydrogen (secondary N) is 2. The van der Waals surface area contributed by atoms with Crippen LogP contribution < -0.4 is 20.1 Å². The van der Waals surface area contributed by atoms with Crippen molar-refractivity contribution in [1.29, 1.82) is 0 Å². The number of oxazole rings is 1. The summed E-state index contributed by atoms with van der Waals surface area (Å²) in [6.45, 7) is 0.410. The first-order chi connectivity index (χ1) is 18.0. The lowest BCUT2D eigenvalue weighted by atomic mass is 9.80. The number of Topliss-reactive ketones (excluding diaryl/α,β-unsaturated/α-hetero) is 1. The van der Waals surface area contributed by atoms with E-state index in [2.05, 4.69) is 15.6 Å². The van der Waals surface area contributed by atoms with Crippen molar-refractivity contribution < 1.29 is 28.3 Å². The molecule has 4 rings (SSSR count). The Balaban J connectivity index is 1.30. The average Bonchev–Trinajstić information content (AvgIpc) is 3.37. The summed E-state index contributed by atoms with van der Waals surface area (Å²) in [6.07, 6.45) is 5.39. The van der Waals surface area contributed by atoms with E-state index >= 15 is 0 Å². The van der Waals surface area contributed by atoms with Crippen molar-refractivity contribution in [1.82, 2.24) is 15.6 Å². The number of nitrogens with zero attached hydrogens (tertiary/aromatic N) is 1. The van der Waals surface area contributed by atoms with Gasteiger partial charge in [-0.15, -0.1) is 0 Å². The molecule has 1 aromatic heterocycles. The smallest absolute Gasteiger partial charge is 0.264 e. The van der Waals surface area contributed by atoms with Gasteiger partial charge < -0.3 is 24.5 Å². The minimum Gasteiger partial charge on any atom is -0.493 e. The van der Waals surface area contributed by atoms with Crippen molar-refractivity contribution in [3.63, 3.8) is 0 Å². The van der Waals surface area contributed by atoms with Gasteiger partial charge >= 0.3 is 0 Å². The second kappa shape index (κ2) is 11.9. The number of benzene rings is 2. The quantitative estimate of drug-likeness (QED) is 0.291. The molecule has 3 aromatic rings. The highest BCUT2D eigenvalue weighted by Gasteiger charge is 2.40. The standard InChI is InChI=1S/C28H33N3O6/c1-35-23-14-13-19(18-24(23)36-2)25(33)31-28(15-7-3-8-16-28)27(34)29-17-9-6-11-21(32)26-30-20-10-4-5-12-22(20)37-26/h4-5,10,12-14,18H,3,6-9,11,15-17H2,1-2H3,(H,29,34)(H,31,33). The molecule has 2 amide bonds. The lowest BCUT2D eigenvalue weighted by Crippen LogP contribution is -2.59. The Kier molecular flexibility index (Phi) is 8.43. The Morgan fingerprint density at radius 2 is 1.73 bits per heavy atom. The zero-order chi connectivity index (χ0) is 26.3. The molecule has 1 heterocycles. The van der Waals surface area contributed by atoms with Crippen molar-refractivity contribution in [2.24, 2.45) is 0 Å². The van der Waals surface area contributed by atoms with Gasteiger partial charge in [0.05, 0.1) is 14.2 Å². The summed E-state index contributed by atoms with van der Waals surface area (Å²) in [6, 6.07) is 12.2. The lowest BCUT2D eigenvalue weighted by molar-refractivity contribution is -0.128. The van der Waals surface area contributed by atoms with Gasteiger partial charge in [-0.3, -0.25) is 14.4 Å². The van der Waals surface area contributed by atoms with E-state index in [0.29, 0.717) is 60.4 Å². The van der Waals surface area contributed by atoms with Crippen molar-refractivity contribution in [2.75, 3.05) is 20.8 Å². The number of ketones is 1. The van der Waals surface area contributed by atoms with Gasteiger partial charge in [-0.1, -0.05) is 31.4 Å². The minimum absolute atomic E-state index is 0.115. The maximum atomic E-state index is 13.3. The van der Waals surface area contributed by atoms with Crippen LogP contribution in [0.15, 0.2) is 46.9 Å². The van der Waals surface area contributed by atoms with Gasteiger partial charge in [-0.05, 0) is 56.0 Å². The van der Waals surface area contributed by atoms with E-state index in [0.717, 1.165) is 19.3 Å². The Morgan fingerprint density at radius 1 is 0.973 bits per heavy atom. The summed E-state index contributed by atoms with van der Waals surface area (Å²) >= 11 is 0. The molecule has 0 atom stereocenters. The summed E-state index contributed by atoms with van der Waals surface area (Å²) in [5.41, 5.74) is 0.682. The first kappa shape index (κ1) is 26.2.